The first-order valence-corrected chi connectivity index (χ1v) is 9.70. The van der Waals surface area contributed by atoms with E-state index in [1.54, 1.807) is 0 Å². The smallest absolute Gasteiger partial charge is 0.0540 e. The Balaban J connectivity index is 3.28. The molecule has 0 bridgehead atoms. The lowest BCUT2D eigenvalue weighted by Gasteiger charge is -2.61. The maximum atomic E-state index is 10.1. The molecule has 0 aromatic heterocycles. The van der Waals surface area contributed by atoms with Crippen LogP contribution in [-0.2, 0) is 0 Å². The van der Waals surface area contributed by atoms with Crippen molar-refractivity contribution in [3.05, 3.63) is 0 Å². The molecule has 1 nitrogen and oxygen atoms in total. The van der Waals surface area contributed by atoms with Crippen molar-refractivity contribution >= 4 is 0 Å². The van der Waals surface area contributed by atoms with Crippen molar-refractivity contribution in [2.75, 3.05) is 0 Å². The van der Waals surface area contributed by atoms with Crippen molar-refractivity contribution < 1.29 is 5.11 Å². The van der Waals surface area contributed by atoms with Gasteiger partial charge in [-0.15, -0.1) is 0 Å². The Hall–Kier alpha value is -0.0400. The molecule has 1 rings (SSSR count). The van der Waals surface area contributed by atoms with Gasteiger partial charge in [0.1, 0.15) is 0 Å². The Bertz CT molecular complexity index is 351. The predicted molar refractivity (Wildman–Crippen MR) is 103 cm³/mol. The first kappa shape index (κ1) is 21.0. The molecule has 1 heteroatoms. The Kier molecular flexibility index (Phi) is 5.80. The molecule has 0 spiro atoms. The first-order valence-electron chi connectivity index (χ1n) is 9.70. The molecule has 0 radical (unpaired) electrons. The fourth-order valence-electron chi connectivity index (χ4n) is 6.36. The van der Waals surface area contributed by atoms with Gasteiger partial charge in [0.15, 0.2) is 0 Å². The maximum absolute atomic E-state index is 10.1. The minimum absolute atomic E-state index is 0.0843. The third-order valence-electron chi connectivity index (χ3n) is 6.34. The molecule has 0 aromatic carbocycles. The molecule has 0 aromatic rings. The van der Waals surface area contributed by atoms with Gasteiger partial charge in [-0.05, 0) is 65.6 Å². The van der Waals surface area contributed by atoms with E-state index in [2.05, 4.69) is 69.2 Å². The summed E-state index contributed by atoms with van der Waals surface area (Å²) in [6, 6.07) is 0. The van der Waals surface area contributed by atoms with Gasteiger partial charge >= 0.3 is 0 Å². The molecule has 0 atom stereocenters. The molecule has 0 saturated heterocycles. The molecular weight excluding hydrogens is 280 g/mol. The zero-order valence-corrected chi connectivity index (χ0v) is 17.8. The summed E-state index contributed by atoms with van der Waals surface area (Å²) in [7, 11) is 0. The Labute approximate surface area is 146 Å². The van der Waals surface area contributed by atoms with Crippen LogP contribution >= 0.6 is 0 Å². The van der Waals surface area contributed by atoms with Crippen LogP contribution in [0, 0.1) is 27.1 Å². The average molecular weight is 325 g/mol. The molecule has 1 aliphatic rings. The Morgan fingerprint density at radius 1 is 0.696 bits per heavy atom. The molecule has 23 heavy (non-hydrogen) atoms. The Morgan fingerprint density at radius 3 is 1.26 bits per heavy atom. The SMILES string of the molecule is CC(C)(C)CC(C)(C)C1(C(C)(C)CC(C)(C)C)CCC(O)CC1. The van der Waals surface area contributed by atoms with E-state index in [1.165, 1.54) is 25.7 Å². The van der Waals surface area contributed by atoms with E-state index in [0.29, 0.717) is 16.2 Å². The van der Waals surface area contributed by atoms with Crippen molar-refractivity contribution in [1.29, 1.82) is 0 Å². The van der Waals surface area contributed by atoms with Gasteiger partial charge in [0.05, 0.1) is 6.10 Å². The van der Waals surface area contributed by atoms with Gasteiger partial charge in [0.2, 0.25) is 0 Å². The normalized spacial score (nSPS) is 21.5. The summed E-state index contributed by atoms with van der Waals surface area (Å²) in [6.45, 7) is 24.2. The summed E-state index contributed by atoms with van der Waals surface area (Å²) >= 11 is 0. The van der Waals surface area contributed by atoms with Crippen molar-refractivity contribution in [2.45, 2.75) is 114 Å². The highest BCUT2D eigenvalue weighted by atomic mass is 16.3. The standard InChI is InChI=1S/C22H44O/c1-18(2,3)15-20(7,8)22(13-11-17(23)12-14-22)21(9,10)16-19(4,5)6/h17,23H,11-16H2,1-10H3. The molecule has 1 fully saturated rings. The van der Waals surface area contributed by atoms with Gasteiger partial charge in [-0.2, -0.15) is 0 Å². The summed E-state index contributed by atoms with van der Waals surface area (Å²) in [5.74, 6) is 0. The van der Waals surface area contributed by atoms with Gasteiger partial charge in [0, 0.05) is 0 Å². The average Bonchev–Trinajstić information content (AvgIpc) is 2.22. The second kappa shape index (κ2) is 6.36. The number of hydrogen-bond acceptors (Lipinski definition) is 1. The van der Waals surface area contributed by atoms with Crippen LogP contribution in [0.25, 0.3) is 0 Å². The van der Waals surface area contributed by atoms with Crippen LogP contribution in [0.2, 0.25) is 0 Å². The Morgan fingerprint density at radius 2 is 1.00 bits per heavy atom. The van der Waals surface area contributed by atoms with E-state index >= 15 is 0 Å². The van der Waals surface area contributed by atoms with Crippen LogP contribution in [0.15, 0.2) is 0 Å². The molecule has 0 aliphatic heterocycles. The monoisotopic (exact) mass is 324 g/mol. The molecule has 138 valence electrons. The largest absolute Gasteiger partial charge is 0.393 e. The molecular formula is C22H44O. The third-order valence-corrected chi connectivity index (χ3v) is 6.34. The summed E-state index contributed by atoms with van der Waals surface area (Å²) < 4.78 is 0. The summed E-state index contributed by atoms with van der Waals surface area (Å²) in [4.78, 5) is 0. The number of rotatable bonds is 4. The van der Waals surface area contributed by atoms with Gasteiger partial charge in [-0.3, -0.25) is 0 Å². The molecule has 0 unspecified atom stereocenters. The molecule has 1 aliphatic carbocycles. The van der Waals surface area contributed by atoms with Crippen LogP contribution in [0.1, 0.15) is 108 Å². The summed E-state index contributed by atoms with van der Waals surface area (Å²) in [5, 5.41) is 10.1. The van der Waals surface area contributed by atoms with Crippen LogP contribution < -0.4 is 0 Å². The fraction of sp³-hybridized carbons (Fsp3) is 1.00. The summed E-state index contributed by atoms with van der Waals surface area (Å²) in [6.07, 6.45) is 6.68. The molecule has 0 amide bonds. The summed E-state index contributed by atoms with van der Waals surface area (Å²) in [5.41, 5.74) is 1.54. The number of aliphatic hydroxyl groups excluding tert-OH is 1. The van der Waals surface area contributed by atoms with Gasteiger partial charge < -0.3 is 5.11 Å². The van der Waals surface area contributed by atoms with E-state index in [-0.39, 0.29) is 16.9 Å². The van der Waals surface area contributed by atoms with E-state index in [1.807, 2.05) is 0 Å². The van der Waals surface area contributed by atoms with E-state index in [9.17, 15) is 5.11 Å². The fourth-order valence-corrected chi connectivity index (χ4v) is 6.36. The molecule has 1 saturated carbocycles. The molecule has 1 N–H and O–H groups in total. The van der Waals surface area contributed by atoms with E-state index < -0.39 is 0 Å². The lowest BCUT2D eigenvalue weighted by molar-refractivity contribution is -0.129. The van der Waals surface area contributed by atoms with Gasteiger partial charge in [0.25, 0.3) is 0 Å². The van der Waals surface area contributed by atoms with Crippen LogP contribution in [-0.4, -0.2) is 11.2 Å². The second-order valence-electron chi connectivity index (χ2n) is 12.1. The lowest BCUT2D eigenvalue weighted by Crippen LogP contribution is -2.53. The second-order valence-corrected chi connectivity index (χ2v) is 12.1. The van der Waals surface area contributed by atoms with Crippen LogP contribution in [0.4, 0.5) is 0 Å². The van der Waals surface area contributed by atoms with Crippen LogP contribution in [0.5, 0.6) is 0 Å². The zero-order chi connectivity index (χ0) is 18.3. The van der Waals surface area contributed by atoms with Crippen molar-refractivity contribution in [3.63, 3.8) is 0 Å². The highest BCUT2D eigenvalue weighted by molar-refractivity contribution is 5.06. The lowest BCUT2D eigenvalue weighted by atomic mass is 9.44. The third kappa shape index (κ3) is 4.97. The minimum Gasteiger partial charge on any atom is -0.393 e. The highest BCUT2D eigenvalue weighted by Gasteiger charge is 2.56. The van der Waals surface area contributed by atoms with Crippen LogP contribution in [0.3, 0.4) is 0 Å². The first-order chi connectivity index (χ1) is 10.0. The van der Waals surface area contributed by atoms with Crippen molar-refractivity contribution in [1.82, 2.24) is 0 Å². The molecule has 0 heterocycles. The maximum Gasteiger partial charge on any atom is 0.0540 e. The van der Waals surface area contributed by atoms with Gasteiger partial charge in [-0.1, -0.05) is 69.2 Å². The zero-order valence-electron chi connectivity index (χ0n) is 17.8. The number of aliphatic hydroxyl groups is 1. The van der Waals surface area contributed by atoms with Crippen molar-refractivity contribution in [2.24, 2.45) is 27.1 Å². The highest BCUT2D eigenvalue weighted by Crippen LogP contribution is 2.64. The number of hydrogen-bond donors (Lipinski definition) is 1. The quantitative estimate of drug-likeness (QED) is 0.600. The van der Waals surface area contributed by atoms with Crippen molar-refractivity contribution in [3.8, 4) is 0 Å². The van der Waals surface area contributed by atoms with Gasteiger partial charge in [-0.25, -0.2) is 0 Å². The van der Waals surface area contributed by atoms with E-state index in [4.69, 9.17) is 0 Å². The van der Waals surface area contributed by atoms with E-state index in [0.717, 1.165) is 12.8 Å². The topological polar surface area (TPSA) is 20.2 Å². The minimum atomic E-state index is -0.0843. The predicted octanol–water partition coefficient (Wildman–Crippen LogP) is 6.83.